The van der Waals surface area contributed by atoms with Crippen molar-refractivity contribution in [3.63, 3.8) is 0 Å². The van der Waals surface area contributed by atoms with E-state index in [0.29, 0.717) is 17.7 Å². The van der Waals surface area contributed by atoms with Crippen LogP contribution in [0, 0.1) is 5.82 Å². The number of carbonyl (C=O) groups is 2. The molecule has 0 saturated carbocycles. The van der Waals surface area contributed by atoms with Gasteiger partial charge >= 0.3 is 0 Å². The number of halogens is 1. The molecule has 5 nitrogen and oxygen atoms in total. The minimum Gasteiger partial charge on any atom is -0.391 e. The van der Waals surface area contributed by atoms with Gasteiger partial charge in [-0.3, -0.25) is 9.59 Å². The molecule has 130 valence electrons. The first-order valence-electron chi connectivity index (χ1n) is 8.12. The van der Waals surface area contributed by atoms with Gasteiger partial charge in [0.15, 0.2) is 0 Å². The van der Waals surface area contributed by atoms with Crippen LogP contribution in [-0.2, 0) is 16.0 Å². The Bertz CT molecular complexity index is 779. The number of hydrogen-bond acceptors (Lipinski definition) is 3. The summed E-state index contributed by atoms with van der Waals surface area (Å²) in [6.45, 7) is 0.0857. The molecule has 1 aliphatic heterocycles. The van der Waals surface area contributed by atoms with Gasteiger partial charge in [0.05, 0.1) is 12.0 Å². The Kier molecular flexibility index (Phi) is 5.09. The lowest BCUT2D eigenvalue weighted by Crippen LogP contribution is -2.39. The van der Waals surface area contributed by atoms with Crippen molar-refractivity contribution < 1.29 is 19.1 Å². The van der Waals surface area contributed by atoms with E-state index in [4.69, 9.17) is 0 Å². The third-order valence-corrected chi connectivity index (χ3v) is 4.20. The Balaban J connectivity index is 1.63. The highest BCUT2D eigenvalue weighted by Gasteiger charge is 2.31. The van der Waals surface area contributed by atoms with Crippen LogP contribution in [0.3, 0.4) is 0 Å². The molecule has 0 fully saturated rings. The van der Waals surface area contributed by atoms with Gasteiger partial charge in [-0.05, 0) is 23.3 Å². The van der Waals surface area contributed by atoms with E-state index in [-0.39, 0.29) is 24.8 Å². The van der Waals surface area contributed by atoms with Crippen LogP contribution in [-0.4, -0.2) is 29.6 Å². The highest BCUT2D eigenvalue weighted by Crippen LogP contribution is 2.32. The van der Waals surface area contributed by atoms with Crippen LogP contribution in [0.2, 0.25) is 0 Å². The minimum absolute atomic E-state index is 0.000748. The summed E-state index contributed by atoms with van der Waals surface area (Å²) in [6, 6.07) is 13.5. The average molecular weight is 342 g/mol. The molecule has 2 aromatic rings. The molecule has 0 saturated heterocycles. The third kappa shape index (κ3) is 4.22. The topological polar surface area (TPSA) is 78.4 Å². The number of benzene rings is 2. The highest BCUT2D eigenvalue weighted by atomic mass is 19.1. The molecular weight excluding hydrogens is 323 g/mol. The molecule has 0 bridgehead atoms. The van der Waals surface area contributed by atoms with Crippen LogP contribution >= 0.6 is 0 Å². The quantitative estimate of drug-likeness (QED) is 0.777. The summed E-state index contributed by atoms with van der Waals surface area (Å²) in [7, 11) is 0. The van der Waals surface area contributed by atoms with Crippen LogP contribution in [0.15, 0.2) is 48.5 Å². The molecule has 0 radical (unpaired) electrons. The molecule has 0 spiro atoms. The van der Waals surface area contributed by atoms with Crippen LogP contribution < -0.4 is 10.6 Å². The van der Waals surface area contributed by atoms with Gasteiger partial charge in [0.1, 0.15) is 5.82 Å². The fraction of sp³-hybridized carbons (Fsp3) is 0.263. The number of amides is 2. The molecule has 1 aliphatic rings. The van der Waals surface area contributed by atoms with Crippen molar-refractivity contribution in [1.82, 2.24) is 5.32 Å². The standard InChI is InChI=1S/C19H19FN2O3/c20-13-6-7-15-16(10-18(24)22-17(15)9-13)19(25)21-11-14(23)8-12-4-2-1-3-5-12/h1-7,9,14,16,23H,8,10-11H2,(H,21,25)(H,22,24). The summed E-state index contributed by atoms with van der Waals surface area (Å²) in [5, 5.41) is 15.4. The van der Waals surface area contributed by atoms with E-state index < -0.39 is 17.8 Å². The van der Waals surface area contributed by atoms with Crippen molar-refractivity contribution in [3.05, 3.63) is 65.5 Å². The van der Waals surface area contributed by atoms with Crippen molar-refractivity contribution in [2.24, 2.45) is 0 Å². The van der Waals surface area contributed by atoms with E-state index in [1.807, 2.05) is 30.3 Å². The van der Waals surface area contributed by atoms with Gasteiger partial charge in [-0.25, -0.2) is 4.39 Å². The zero-order valence-electron chi connectivity index (χ0n) is 13.5. The lowest BCUT2D eigenvalue weighted by atomic mass is 9.89. The molecule has 6 heteroatoms. The zero-order valence-corrected chi connectivity index (χ0v) is 13.5. The van der Waals surface area contributed by atoms with E-state index in [9.17, 15) is 19.1 Å². The van der Waals surface area contributed by atoms with Crippen LogP contribution in [0.25, 0.3) is 0 Å². The van der Waals surface area contributed by atoms with Crippen LogP contribution in [0.4, 0.5) is 10.1 Å². The van der Waals surface area contributed by atoms with Crippen LogP contribution in [0.1, 0.15) is 23.5 Å². The molecule has 3 rings (SSSR count). The molecular formula is C19H19FN2O3. The summed E-state index contributed by atoms with van der Waals surface area (Å²) in [5.41, 5.74) is 1.87. The average Bonchev–Trinajstić information content (AvgIpc) is 2.59. The monoisotopic (exact) mass is 342 g/mol. The predicted octanol–water partition coefficient (Wildman–Crippen LogP) is 1.97. The first-order chi connectivity index (χ1) is 12.0. The Morgan fingerprint density at radius 2 is 2.04 bits per heavy atom. The van der Waals surface area contributed by atoms with Crippen molar-refractivity contribution in [2.45, 2.75) is 24.9 Å². The molecule has 2 unspecified atom stereocenters. The molecule has 1 heterocycles. The Labute approximate surface area is 144 Å². The number of rotatable bonds is 5. The van der Waals surface area contributed by atoms with Gasteiger partial charge < -0.3 is 15.7 Å². The second kappa shape index (κ2) is 7.44. The van der Waals surface area contributed by atoms with Crippen LogP contribution in [0.5, 0.6) is 0 Å². The first-order valence-corrected chi connectivity index (χ1v) is 8.12. The van der Waals surface area contributed by atoms with Gasteiger partial charge in [0.2, 0.25) is 11.8 Å². The largest absolute Gasteiger partial charge is 0.391 e. The normalized spacial score (nSPS) is 17.4. The number of fused-ring (bicyclic) bond motifs is 1. The number of anilines is 1. The highest BCUT2D eigenvalue weighted by molar-refractivity contribution is 6.01. The van der Waals surface area contributed by atoms with Crippen molar-refractivity contribution in [2.75, 3.05) is 11.9 Å². The Morgan fingerprint density at radius 3 is 2.80 bits per heavy atom. The second-order valence-corrected chi connectivity index (χ2v) is 6.13. The number of aliphatic hydroxyl groups is 1. The maximum Gasteiger partial charge on any atom is 0.228 e. The van der Waals surface area contributed by atoms with Crippen molar-refractivity contribution in [1.29, 1.82) is 0 Å². The van der Waals surface area contributed by atoms with Gasteiger partial charge in [0, 0.05) is 25.1 Å². The molecule has 0 aliphatic carbocycles. The molecule has 2 atom stereocenters. The van der Waals surface area contributed by atoms with Crippen molar-refractivity contribution in [3.8, 4) is 0 Å². The first kappa shape index (κ1) is 17.1. The number of nitrogens with one attached hydrogen (secondary N) is 2. The SMILES string of the molecule is O=C1CC(C(=O)NCC(O)Cc2ccccc2)c2ccc(F)cc2N1. The van der Waals surface area contributed by atoms with Crippen molar-refractivity contribution >= 4 is 17.5 Å². The molecule has 2 amide bonds. The van der Waals surface area contributed by atoms with E-state index in [0.717, 1.165) is 5.56 Å². The lowest BCUT2D eigenvalue weighted by molar-refractivity contribution is -0.126. The molecule has 3 N–H and O–H groups in total. The summed E-state index contributed by atoms with van der Waals surface area (Å²) in [4.78, 5) is 24.2. The fourth-order valence-electron chi connectivity index (χ4n) is 2.97. The maximum absolute atomic E-state index is 13.3. The third-order valence-electron chi connectivity index (χ3n) is 4.20. The minimum atomic E-state index is -0.726. The van der Waals surface area contributed by atoms with E-state index in [1.54, 1.807) is 0 Å². The smallest absolute Gasteiger partial charge is 0.228 e. The van der Waals surface area contributed by atoms with E-state index >= 15 is 0 Å². The van der Waals surface area contributed by atoms with Gasteiger partial charge in [0.25, 0.3) is 0 Å². The summed E-state index contributed by atoms with van der Waals surface area (Å²) >= 11 is 0. The fourth-order valence-corrected chi connectivity index (χ4v) is 2.97. The molecule has 0 aromatic heterocycles. The van der Waals surface area contributed by atoms with E-state index in [1.165, 1.54) is 18.2 Å². The molecule has 25 heavy (non-hydrogen) atoms. The lowest BCUT2D eigenvalue weighted by Gasteiger charge is -2.25. The Morgan fingerprint density at radius 1 is 1.28 bits per heavy atom. The Hall–Kier alpha value is -2.73. The summed E-state index contributed by atoms with van der Waals surface area (Å²) in [6.07, 6.45) is -0.302. The van der Waals surface area contributed by atoms with E-state index in [2.05, 4.69) is 10.6 Å². The van der Waals surface area contributed by atoms with Gasteiger partial charge in [-0.2, -0.15) is 0 Å². The van der Waals surface area contributed by atoms with Gasteiger partial charge in [-0.1, -0.05) is 36.4 Å². The zero-order chi connectivity index (χ0) is 17.8. The molecule has 2 aromatic carbocycles. The summed E-state index contributed by atoms with van der Waals surface area (Å²) < 4.78 is 13.3. The number of aliphatic hydroxyl groups excluding tert-OH is 1. The van der Waals surface area contributed by atoms with Gasteiger partial charge in [-0.15, -0.1) is 0 Å². The maximum atomic E-state index is 13.3. The second-order valence-electron chi connectivity index (χ2n) is 6.13. The predicted molar refractivity (Wildman–Crippen MR) is 91.6 cm³/mol. The summed E-state index contributed by atoms with van der Waals surface area (Å²) in [5.74, 6) is -1.84. The number of hydrogen-bond donors (Lipinski definition) is 3. The number of carbonyl (C=O) groups excluding carboxylic acids is 2.